The van der Waals surface area contributed by atoms with Gasteiger partial charge in [-0.15, -0.1) is 10.2 Å². The van der Waals surface area contributed by atoms with Gasteiger partial charge in [-0.2, -0.15) is 10.2 Å². The van der Waals surface area contributed by atoms with Gasteiger partial charge in [-0.25, -0.2) is 49.8 Å². The van der Waals surface area contributed by atoms with E-state index in [0.29, 0.717) is 0 Å². The van der Waals surface area contributed by atoms with Gasteiger partial charge in [0.1, 0.15) is 58.9 Å². The summed E-state index contributed by atoms with van der Waals surface area (Å²) in [5.74, 6) is 0. The number of aromatic nitrogens is 31. The van der Waals surface area contributed by atoms with Gasteiger partial charge in [-0.3, -0.25) is 24.3 Å². The van der Waals surface area contributed by atoms with E-state index in [-0.39, 0.29) is 0 Å². The Morgan fingerprint density at radius 2 is 0.718 bits per heavy atom. The predicted octanol–water partition coefficient (Wildman–Crippen LogP) is 16.4. The van der Waals surface area contributed by atoms with E-state index in [2.05, 4.69) is 152 Å². The Morgan fingerprint density at radius 3 is 1.50 bits per heavy atom. The van der Waals surface area contributed by atoms with Gasteiger partial charge >= 0.3 is 0 Å². The summed E-state index contributed by atoms with van der Waals surface area (Å²) in [6, 6.07) is 59.2. The van der Waals surface area contributed by atoms with Crippen molar-refractivity contribution in [3.63, 3.8) is 0 Å². The van der Waals surface area contributed by atoms with Crippen molar-refractivity contribution in [3.05, 3.63) is 393 Å². The van der Waals surface area contributed by atoms with Crippen LogP contribution in [0.25, 0.3) is 121 Å². The largest absolute Gasteiger partial charge is 0.361 e. The second-order valence-corrected chi connectivity index (χ2v) is 24.3. The number of nitrogens with one attached hydrogen (secondary N) is 9. The monoisotopic (exact) mass is 1540 g/mol. The number of pyridine rings is 5. The van der Waals surface area contributed by atoms with Crippen LogP contribution in [0.4, 0.5) is 0 Å². The summed E-state index contributed by atoms with van der Waals surface area (Å²) in [4.78, 5) is 82.8. The minimum Gasteiger partial charge on any atom is -0.361 e. The average molecular weight is 1540 g/mol. The number of nitrogens with zero attached hydrogens (tertiary/aromatic N) is 22. The van der Waals surface area contributed by atoms with Crippen molar-refractivity contribution in [1.29, 1.82) is 0 Å². The maximum Gasteiger partial charge on any atom is 0.159 e. The minimum atomic E-state index is 0.845. The number of aromatic amines is 9. The maximum atomic E-state index is 4.11. The Balaban J connectivity index is 0.000000104. The van der Waals surface area contributed by atoms with E-state index in [0.717, 1.165) is 105 Å². The van der Waals surface area contributed by atoms with Crippen molar-refractivity contribution in [2.45, 2.75) is 0 Å². The lowest BCUT2D eigenvalue weighted by atomic mass is 10.3. The third kappa shape index (κ3) is 22.2. The molecule has 31 heteroatoms. The molecular weight excluding hydrogens is 1470 g/mol. The molecule has 31 nitrogen and oxygen atoms in total. The van der Waals surface area contributed by atoms with E-state index >= 15 is 0 Å². The quantitative estimate of drug-likeness (QED) is 0.0681. The molecule has 0 radical (unpaired) electrons. The predicted molar refractivity (Wildman–Crippen MR) is 455 cm³/mol. The first kappa shape index (κ1) is 76.4. The van der Waals surface area contributed by atoms with Crippen LogP contribution < -0.4 is 0 Å². The molecule has 0 aliphatic heterocycles. The third-order valence-corrected chi connectivity index (χ3v) is 16.7. The molecule has 26 aromatic rings. The topological polar surface area (TPSA) is 392 Å². The lowest BCUT2D eigenvalue weighted by Gasteiger charge is -1.88. The van der Waals surface area contributed by atoms with Crippen LogP contribution in [0.5, 0.6) is 0 Å². The van der Waals surface area contributed by atoms with Gasteiger partial charge in [0, 0.05) is 198 Å². The lowest BCUT2D eigenvalue weighted by molar-refractivity contribution is 1.02. The first-order valence-electron chi connectivity index (χ1n) is 36.3. The van der Waals surface area contributed by atoms with E-state index in [1.807, 2.05) is 288 Å². The number of rotatable bonds is 0. The van der Waals surface area contributed by atoms with Crippen LogP contribution in [0.3, 0.4) is 0 Å². The molecule has 0 atom stereocenters. The summed E-state index contributed by atoms with van der Waals surface area (Å²) >= 11 is 0. The number of H-pyrrole nitrogens is 9. The fourth-order valence-electron chi connectivity index (χ4n) is 11.0. The molecule has 0 saturated heterocycles. The number of fused-ring (bicyclic) bond motifs is 13. The van der Waals surface area contributed by atoms with Crippen molar-refractivity contribution < 1.29 is 0 Å². The summed E-state index contributed by atoms with van der Waals surface area (Å²) in [6.07, 6.45) is 61.4. The van der Waals surface area contributed by atoms with E-state index in [4.69, 9.17) is 0 Å². The standard InChI is InChI=1S/C8H7N.6C7H6N2.6C6H5N3/c1-2-6-9-7-3-5-8(9)4-1;1-4-9-7-2-3-8-5-6(1)7;1-3-8-5-7-6(1)2-4-9-7;1-3-7-8-4-2-6-9(7)5-1;1-2-7-3-4-8-6-9(7)5-1;1-2-6-7(8-4-1)3-5-9-6;1-2-6-3-5-9-7(6)8-4-1;1-3-7-5-2-4-8-9-6(1)5;1-3-7-6-5(1)2-4-8-9-6;1-2-8-6-3-7-4-9-5(1)6;1-2-8-6-5(1)3-7-4-9-6;1-2-8-6-5(1)7-3-4-9-6;1-2-6-8-4-7-5-9(6)3-1/h1-7H;2*1-5,9H;2*1-6H;1-5,9H;1-5H,(H,8,9);1-4,7H;1-4H,(H,7,9);1-4,8H;1-4H,(H,7,8,9);1-4H,(H,8,9);1-5H. The molecule has 0 unspecified atom stereocenters. The van der Waals surface area contributed by atoms with Gasteiger partial charge in [-0.1, -0.05) is 6.07 Å². The highest BCUT2D eigenvalue weighted by Gasteiger charge is 1.98. The summed E-state index contributed by atoms with van der Waals surface area (Å²) in [5, 5.41) is 20.8. The molecule has 9 N–H and O–H groups in total. The second kappa shape index (κ2) is 40.9. The molecule has 0 aliphatic carbocycles. The maximum absolute atomic E-state index is 4.11. The SMILES string of the molecule is c1cc2[nH]ccc2cn1.c1cc2[nH]ccc2nn1.c1cc2cc[nH]c2cn1.c1cc2cc[nH]c2nn1.c1cc2ccncn2c1.c1cc2ncncn2c1.c1ccn2cccc2c1.c1cnc2[nH]ccc2c1.c1cnc2[nH]ccc2n1.c1cnc2cc[nH]c2c1.c1cnc2cccn2c1.c1ncc2[nH]ccc2n1.c1ncc2cc[nH]c2n1. The first-order chi connectivity index (χ1) is 58.1. The van der Waals surface area contributed by atoms with Gasteiger partial charge in [-0.05, 0) is 176 Å². The second-order valence-electron chi connectivity index (χ2n) is 24.3. The summed E-state index contributed by atoms with van der Waals surface area (Å²) in [5.41, 5.74) is 17.1. The highest BCUT2D eigenvalue weighted by molar-refractivity contribution is 5.80. The van der Waals surface area contributed by atoms with Crippen LogP contribution in [0, 0.1) is 0 Å². The molecule has 26 heterocycles. The molecule has 0 spiro atoms. The summed E-state index contributed by atoms with van der Waals surface area (Å²) < 4.78 is 7.89. The molecule has 0 bridgehead atoms. The summed E-state index contributed by atoms with van der Waals surface area (Å²) in [6.45, 7) is 0. The first-order valence-corrected chi connectivity index (χ1v) is 36.3. The Morgan fingerprint density at radius 1 is 0.214 bits per heavy atom. The Hall–Kier alpha value is -17.4. The van der Waals surface area contributed by atoms with E-state index in [1.165, 1.54) is 35.4 Å². The van der Waals surface area contributed by atoms with Crippen molar-refractivity contribution in [2.24, 2.45) is 0 Å². The third-order valence-electron chi connectivity index (χ3n) is 16.7. The normalized spacial score (nSPS) is 10.2. The molecule has 0 amide bonds. The molecule has 0 saturated carbocycles. The van der Waals surface area contributed by atoms with Crippen LogP contribution in [0.15, 0.2) is 393 Å². The lowest BCUT2D eigenvalue weighted by Crippen LogP contribution is -1.85. The molecule has 26 rings (SSSR count). The average Bonchev–Trinajstić information content (AvgIpc) is 2.04. The molecule has 0 aromatic carbocycles. The fourth-order valence-corrected chi connectivity index (χ4v) is 11.0. The van der Waals surface area contributed by atoms with E-state index < -0.39 is 0 Å². The van der Waals surface area contributed by atoms with Crippen LogP contribution in [-0.2, 0) is 0 Å². The van der Waals surface area contributed by atoms with E-state index in [9.17, 15) is 0 Å². The Bertz CT molecular complexity index is 5250. The van der Waals surface area contributed by atoms with Crippen molar-refractivity contribution in [2.75, 3.05) is 0 Å². The molecular formula is C86H73N31. The molecule has 117 heavy (non-hydrogen) atoms. The Labute approximate surface area is 664 Å². The number of hydrogen-bond acceptors (Lipinski definition) is 18. The van der Waals surface area contributed by atoms with Crippen molar-refractivity contribution >= 4 is 121 Å². The summed E-state index contributed by atoms with van der Waals surface area (Å²) in [7, 11) is 0. The highest BCUT2D eigenvalue weighted by atomic mass is 15.1. The van der Waals surface area contributed by atoms with E-state index in [1.54, 1.807) is 87.0 Å². The van der Waals surface area contributed by atoms with Crippen molar-refractivity contribution in [1.82, 2.24) is 153 Å². The van der Waals surface area contributed by atoms with Crippen molar-refractivity contribution in [3.8, 4) is 0 Å². The minimum absolute atomic E-state index is 0.845. The van der Waals surface area contributed by atoms with Gasteiger partial charge < -0.3 is 58.1 Å². The molecule has 0 fully saturated rings. The van der Waals surface area contributed by atoms with Gasteiger partial charge in [0.2, 0.25) is 0 Å². The highest BCUT2D eigenvalue weighted by Crippen LogP contribution is 2.13. The number of hydrogen-bond donors (Lipinski definition) is 9. The molecule has 572 valence electrons. The molecule has 0 aliphatic rings. The zero-order valence-electron chi connectivity index (χ0n) is 62.3. The zero-order valence-corrected chi connectivity index (χ0v) is 62.3. The molecule has 26 aromatic heterocycles. The van der Waals surface area contributed by atoms with Crippen LogP contribution >= 0.6 is 0 Å². The smallest absolute Gasteiger partial charge is 0.159 e. The fraction of sp³-hybridized carbons (Fsp3) is 0. The van der Waals surface area contributed by atoms with Crippen LogP contribution in [-0.4, -0.2) is 153 Å². The zero-order chi connectivity index (χ0) is 79.4. The van der Waals surface area contributed by atoms with Gasteiger partial charge in [0.25, 0.3) is 0 Å². The van der Waals surface area contributed by atoms with Gasteiger partial charge in [0.15, 0.2) is 11.3 Å². The van der Waals surface area contributed by atoms with Gasteiger partial charge in [0.05, 0.1) is 64.2 Å². The van der Waals surface area contributed by atoms with Crippen LogP contribution in [0.1, 0.15) is 0 Å². The Kier molecular flexibility index (Phi) is 26.7. The van der Waals surface area contributed by atoms with Crippen LogP contribution in [0.2, 0.25) is 0 Å².